The maximum absolute atomic E-state index is 12.6. The minimum Gasteiger partial charge on any atom is -0.301 e. The Labute approximate surface area is 126 Å². The molecule has 1 nitrogen and oxygen atoms in total. The molecule has 0 radical (unpaired) electrons. The first kappa shape index (κ1) is 17.1. The van der Waals surface area contributed by atoms with Crippen molar-refractivity contribution in [2.24, 2.45) is 0 Å². The summed E-state index contributed by atoms with van der Waals surface area (Å²) in [6, 6.07) is 10.5. The molecule has 0 aliphatic heterocycles. The lowest BCUT2D eigenvalue weighted by atomic mass is 10.2. The molecule has 3 heteroatoms. The summed E-state index contributed by atoms with van der Waals surface area (Å²) in [5, 5.41) is 1.84. The third kappa shape index (κ3) is 3.79. The van der Waals surface area contributed by atoms with Crippen molar-refractivity contribution in [3.05, 3.63) is 42.1 Å². The fourth-order valence-corrected chi connectivity index (χ4v) is 5.04. The number of carbonyl (C=O) groups is 1. The first-order valence-electron chi connectivity index (χ1n) is 7.28. The Kier molecular flexibility index (Phi) is 4.98. The molecule has 0 unspecified atom stereocenters. The second-order valence-corrected chi connectivity index (χ2v) is 17.3. The number of carbonyl (C=O) groups excluding carboxylic acids is 1. The van der Waals surface area contributed by atoms with Gasteiger partial charge in [-0.05, 0) is 11.1 Å². The van der Waals surface area contributed by atoms with E-state index in [9.17, 15) is 4.79 Å². The van der Waals surface area contributed by atoms with Gasteiger partial charge in [0, 0.05) is 0 Å². The Hall–Kier alpha value is -0.936. The first-order valence-corrected chi connectivity index (χ1v) is 13.4. The minimum absolute atomic E-state index is 0.104. The fourth-order valence-electron chi connectivity index (χ4n) is 1.83. The van der Waals surface area contributed by atoms with Gasteiger partial charge in [-0.3, -0.25) is 0 Å². The van der Waals surface area contributed by atoms with Gasteiger partial charge in [0.15, 0.2) is 0 Å². The van der Waals surface area contributed by atoms with Gasteiger partial charge in [0.25, 0.3) is 0 Å². The second-order valence-electron chi connectivity index (χ2n) is 7.66. The summed E-state index contributed by atoms with van der Waals surface area (Å²) in [6.45, 7) is 15.5. The number of benzene rings is 1. The van der Waals surface area contributed by atoms with Crippen LogP contribution in [0.25, 0.3) is 0 Å². The Balaban J connectivity index is 2.96. The summed E-state index contributed by atoms with van der Waals surface area (Å²) in [6.07, 6.45) is 1.89. The van der Waals surface area contributed by atoms with E-state index in [0.717, 1.165) is 0 Å². The van der Waals surface area contributed by atoms with Crippen molar-refractivity contribution in [3.63, 3.8) is 0 Å². The third-order valence-corrected chi connectivity index (χ3v) is 12.6. The van der Waals surface area contributed by atoms with E-state index in [0.29, 0.717) is 5.41 Å². The largest absolute Gasteiger partial charge is 0.301 e. The molecule has 1 aromatic rings. The molecule has 0 aliphatic rings. The molecule has 1 rings (SSSR count). The van der Waals surface area contributed by atoms with Gasteiger partial charge in [-0.2, -0.15) is 0 Å². The van der Waals surface area contributed by atoms with Crippen LogP contribution in [0.15, 0.2) is 42.1 Å². The highest BCUT2D eigenvalue weighted by Gasteiger charge is 2.41. The van der Waals surface area contributed by atoms with Crippen molar-refractivity contribution in [1.29, 1.82) is 0 Å². The maximum Gasteiger partial charge on any atom is 0.137 e. The van der Waals surface area contributed by atoms with Gasteiger partial charge in [-0.25, -0.2) is 0 Å². The molecular formula is C17H28OSi2. The van der Waals surface area contributed by atoms with Crippen LogP contribution >= 0.6 is 0 Å². The Morgan fingerprint density at radius 2 is 1.50 bits per heavy atom. The van der Waals surface area contributed by atoms with Gasteiger partial charge in [-0.1, -0.05) is 88.2 Å². The van der Waals surface area contributed by atoms with Gasteiger partial charge in [0.05, 0.1) is 0 Å². The summed E-state index contributed by atoms with van der Waals surface area (Å²) in [5.41, 5.74) is 2.20. The number of hydrogen-bond acceptors (Lipinski definition) is 1. The second kappa shape index (κ2) is 5.82. The van der Waals surface area contributed by atoms with Crippen LogP contribution < -0.4 is 5.19 Å². The smallest absolute Gasteiger partial charge is 0.137 e. The highest BCUT2D eigenvalue weighted by Crippen LogP contribution is 2.36. The van der Waals surface area contributed by atoms with Crippen molar-refractivity contribution >= 4 is 26.7 Å². The molecule has 0 saturated heterocycles. The van der Waals surface area contributed by atoms with E-state index in [1.54, 1.807) is 0 Å². The van der Waals surface area contributed by atoms with Gasteiger partial charge in [-0.15, -0.1) is 0 Å². The van der Waals surface area contributed by atoms with E-state index in [1.165, 1.54) is 5.19 Å². The quantitative estimate of drug-likeness (QED) is 0.598. The standard InChI is InChI=1S/C17H28OSi2/c1-17(2,3)20(6,7)16(18)13-14-19(4,5)15-11-9-8-10-12-15/h8-14H,1-7H3/b14-13-. The van der Waals surface area contributed by atoms with Crippen LogP contribution in [0.5, 0.6) is 0 Å². The molecule has 1 aromatic carbocycles. The van der Waals surface area contributed by atoms with Crippen LogP contribution in [0, 0.1) is 0 Å². The van der Waals surface area contributed by atoms with E-state index in [4.69, 9.17) is 0 Å². The first-order chi connectivity index (χ1) is 8.98. The molecule has 0 aliphatic carbocycles. The van der Waals surface area contributed by atoms with Crippen LogP contribution in [-0.2, 0) is 4.79 Å². The van der Waals surface area contributed by atoms with Crippen LogP contribution in [0.1, 0.15) is 20.8 Å². The summed E-state index contributed by atoms with van der Waals surface area (Å²) in [5.74, 6) is 0. The summed E-state index contributed by atoms with van der Waals surface area (Å²) < 4.78 is 0. The van der Waals surface area contributed by atoms with E-state index in [2.05, 4.69) is 76.9 Å². The Morgan fingerprint density at radius 3 is 1.95 bits per heavy atom. The maximum atomic E-state index is 12.6. The average Bonchev–Trinajstić information content (AvgIpc) is 2.35. The molecule has 0 N–H and O–H groups in total. The number of rotatable bonds is 4. The lowest BCUT2D eigenvalue weighted by Gasteiger charge is -2.34. The molecule has 0 amide bonds. The van der Waals surface area contributed by atoms with Gasteiger partial charge in [0.1, 0.15) is 21.6 Å². The average molecular weight is 305 g/mol. The third-order valence-electron chi connectivity index (χ3n) is 4.66. The Morgan fingerprint density at radius 1 is 1.00 bits per heavy atom. The zero-order valence-corrected chi connectivity index (χ0v) is 15.9. The predicted octanol–water partition coefficient (Wildman–Crippen LogP) is 4.31. The summed E-state index contributed by atoms with van der Waals surface area (Å²) >= 11 is 0. The normalized spacial score (nSPS) is 13.8. The SMILES string of the molecule is CC(C)(C)[Si](C)(C)C(=O)/C=C\[Si](C)(C)c1ccccc1. The molecule has 0 fully saturated rings. The zero-order chi connectivity index (χ0) is 15.6. The van der Waals surface area contributed by atoms with Crippen LogP contribution in [0.2, 0.25) is 31.2 Å². The van der Waals surface area contributed by atoms with Crippen molar-refractivity contribution in [3.8, 4) is 0 Å². The monoisotopic (exact) mass is 304 g/mol. The topological polar surface area (TPSA) is 17.1 Å². The zero-order valence-electron chi connectivity index (χ0n) is 13.9. The van der Waals surface area contributed by atoms with Gasteiger partial charge >= 0.3 is 0 Å². The van der Waals surface area contributed by atoms with E-state index >= 15 is 0 Å². The van der Waals surface area contributed by atoms with Crippen molar-refractivity contribution in [2.45, 2.75) is 52.0 Å². The minimum atomic E-state index is -1.91. The fraction of sp³-hybridized carbons (Fsp3) is 0.471. The van der Waals surface area contributed by atoms with Crippen LogP contribution in [0.3, 0.4) is 0 Å². The number of hydrogen-bond donors (Lipinski definition) is 0. The molecular weight excluding hydrogens is 276 g/mol. The van der Waals surface area contributed by atoms with E-state index in [1.807, 2.05) is 12.1 Å². The molecule has 0 bridgehead atoms. The van der Waals surface area contributed by atoms with Crippen molar-refractivity contribution in [2.75, 3.05) is 0 Å². The summed E-state index contributed by atoms with van der Waals surface area (Å²) in [7, 11) is -3.57. The van der Waals surface area contributed by atoms with Crippen molar-refractivity contribution in [1.82, 2.24) is 0 Å². The van der Waals surface area contributed by atoms with Crippen LogP contribution in [0.4, 0.5) is 0 Å². The molecule has 0 heterocycles. The lowest BCUT2D eigenvalue weighted by Crippen LogP contribution is -2.46. The molecule has 0 atom stereocenters. The van der Waals surface area contributed by atoms with Gasteiger partial charge < -0.3 is 4.79 Å². The van der Waals surface area contributed by atoms with E-state index in [-0.39, 0.29) is 5.04 Å². The Bertz CT molecular complexity index is 493. The molecule has 0 spiro atoms. The highest BCUT2D eigenvalue weighted by molar-refractivity contribution is 7.08. The lowest BCUT2D eigenvalue weighted by molar-refractivity contribution is -0.108. The molecule has 20 heavy (non-hydrogen) atoms. The molecule has 110 valence electrons. The van der Waals surface area contributed by atoms with E-state index < -0.39 is 16.1 Å². The highest BCUT2D eigenvalue weighted by atomic mass is 28.3. The summed E-state index contributed by atoms with van der Waals surface area (Å²) in [4.78, 5) is 12.6. The van der Waals surface area contributed by atoms with Crippen molar-refractivity contribution < 1.29 is 4.79 Å². The number of allylic oxidation sites excluding steroid dienone is 1. The van der Waals surface area contributed by atoms with Crippen LogP contribution in [-0.4, -0.2) is 21.6 Å². The van der Waals surface area contributed by atoms with Gasteiger partial charge in [0.2, 0.25) is 0 Å². The molecule has 0 aromatic heterocycles. The molecule has 0 saturated carbocycles. The predicted molar refractivity (Wildman–Crippen MR) is 94.9 cm³/mol.